The summed E-state index contributed by atoms with van der Waals surface area (Å²) in [4.78, 5) is 22.4. The summed E-state index contributed by atoms with van der Waals surface area (Å²) in [5.41, 5.74) is 0. The first-order valence-corrected chi connectivity index (χ1v) is 10.5. The second-order valence-electron chi connectivity index (χ2n) is 8.03. The molecule has 3 nitrogen and oxygen atoms in total. The molecule has 0 amide bonds. The number of rotatable bonds is 11. The molecule has 0 unspecified atom stereocenters. The maximum Gasteiger partial charge on any atom is 0.313 e. The summed E-state index contributed by atoms with van der Waals surface area (Å²) in [5, 5.41) is 0. The Morgan fingerprint density at radius 3 is 1.62 bits per heavy atom. The van der Waals surface area contributed by atoms with Crippen LogP contribution in [0.4, 0.5) is 0 Å². The maximum atomic E-state index is 11.2. The lowest BCUT2D eigenvalue weighted by atomic mass is 9.85. The van der Waals surface area contributed by atoms with Crippen molar-refractivity contribution < 1.29 is 14.3 Å². The molecule has 0 N–H and O–H groups in total. The number of carbonyl (C=O) groups is 2. The number of hydrogen-bond acceptors (Lipinski definition) is 3. The molecule has 0 aromatic rings. The Balaban J connectivity index is 1.34. The van der Waals surface area contributed by atoms with Crippen LogP contribution in [0.1, 0.15) is 109 Å². The fraction of sp³-hybridized carbons (Fsp3) is 0.905. The van der Waals surface area contributed by atoms with Crippen molar-refractivity contribution in [2.75, 3.05) is 0 Å². The van der Waals surface area contributed by atoms with E-state index in [1.54, 1.807) is 0 Å². The molecule has 1 heterocycles. The number of unbranched alkanes of at least 4 members (excludes halogenated alkanes) is 7. The van der Waals surface area contributed by atoms with Crippen molar-refractivity contribution in [2.45, 2.75) is 109 Å². The fourth-order valence-corrected chi connectivity index (χ4v) is 4.36. The van der Waals surface area contributed by atoms with Gasteiger partial charge in [0.05, 0.1) is 0 Å². The molecule has 0 spiro atoms. The summed E-state index contributed by atoms with van der Waals surface area (Å²) in [5.74, 6) is 0.621. The minimum absolute atomic E-state index is 0.235. The molecule has 138 valence electrons. The molecule has 2 aliphatic rings. The highest BCUT2D eigenvalue weighted by atomic mass is 16.6. The molecule has 1 aliphatic heterocycles. The van der Waals surface area contributed by atoms with E-state index in [0.29, 0.717) is 12.8 Å². The molecule has 0 bridgehead atoms. The molecule has 1 saturated heterocycles. The van der Waals surface area contributed by atoms with Crippen molar-refractivity contribution in [3.63, 3.8) is 0 Å². The Kier molecular flexibility index (Phi) is 9.45. The first-order valence-electron chi connectivity index (χ1n) is 10.5. The van der Waals surface area contributed by atoms with Crippen molar-refractivity contribution in [3.8, 4) is 0 Å². The average molecular weight is 337 g/mol. The first kappa shape index (κ1) is 19.5. The van der Waals surface area contributed by atoms with Gasteiger partial charge in [-0.3, -0.25) is 9.59 Å². The summed E-state index contributed by atoms with van der Waals surface area (Å²) in [6, 6.07) is 0. The first-order chi connectivity index (χ1) is 11.7. The predicted octanol–water partition coefficient (Wildman–Crippen LogP) is 5.95. The van der Waals surface area contributed by atoms with Crippen LogP contribution < -0.4 is 0 Å². The van der Waals surface area contributed by atoms with Crippen molar-refractivity contribution in [3.05, 3.63) is 0 Å². The van der Waals surface area contributed by atoms with Crippen LogP contribution in [0, 0.1) is 11.8 Å². The van der Waals surface area contributed by atoms with Gasteiger partial charge in [0.15, 0.2) is 0 Å². The molecule has 0 atom stereocenters. The lowest BCUT2D eigenvalue weighted by molar-refractivity contribution is -0.165. The van der Waals surface area contributed by atoms with E-state index < -0.39 is 0 Å². The fourth-order valence-electron chi connectivity index (χ4n) is 4.36. The van der Waals surface area contributed by atoms with Crippen LogP contribution in [0.2, 0.25) is 0 Å². The molecule has 0 radical (unpaired) electrons. The highest BCUT2D eigenvalue weighted by molar-refractivity contribution is 5.88. The maximum absolute atomic E-state index is 11.2. The van der Waals surface area contributed by atoms with Crippen LogP contribution in [0.15, 0.2) is 0 Å². The van der Waals surface area contributed by atoms with Crippen LogP contribution in [0.3, 0.4) is 0 Å². The monoisotopic (exact) mass is 336 g/mol. The van der Waals surface area contributed by atoms with Crippen LogP contribution in [0.25, 0.3) is 0 Å². The molecular weight excluding hydrogens is 300 g/mol. The van der Waals surface area contributed by atoms with E-state index in [4.69, 9.17) is 0 Å². The van der Waals surface area contributed by atoms with Crippen LogP contribution in [0.5, 0.6) is 0 Å². The van der Waals surface area contributed by atoms with E-state index >= 15 is 0 Å². The summed E-state index contributed by atoms with van der Waals surface area (Å²) >= 11 is 0. The number of carbonyl (C=O) groups excluding carboxylic acids is 2. The summed E-state index contributed by atoms with van der Waals surface area (Å²) in [7, 11) is 0. The smallest absolute Gasteiger partial charge is 0.313 e. The van der Waals surface area contributed by atoms with Crippen molar-refractivity contribution in [1.82, 2.24) is 0 Å². The van der Waals surface area contributed by atoms with Gasteiger partial charge in [0, 0.05) is 12.8 Å². The Morgan fingerprint density at radius 2 is 1.08 bits per heavy atom. The minimum atomic E-state index is -0.329. The third-order valence-electron chi connectivity index (χ3n) is 5.84. The van der Waals surface area contributed by atoms with Gasteiger partial charge in [0.25, 0.3) is 0 Å². The molecule has 2 rings (SSSR count). The van der Waals surface area contributed by atoms with E-state index in [2.05, 4.69) is 4.74 Å². The van der Waals surface area contributed by atoms with E-state index in [0.717, 1.165) is 18.8 Å². The predicted molar refractivity (Wildman–Crippen MR) is 96.6 cm³/mol. The van der Waals surface area contributed by atoms with Gasteiger partial charge in [-0.15, -0.1) is 0 Å². The second kappa shape index (κ2) is 11.7. The van der Waals surface area contributed by atoms with Crippen molar-refractivity contribution in [1.29, 1.82) is 0 Å². The van der Waals surface area contributed by atoms with Crippen LogP contribution in [-0.4, -0.2) is 11.9 Å². The third kappa shape index (κ3) is 8.30. The number of cyclic esters (lactones) is 2. The van der Waals surface area contributed by atoms with Crippen LogP contribution in [-0.2, 0) is 14.3 Å². The average Bonchev–Trinajstić information content (AvgIpc) is 2.56. The van der Waals surface area contributed by atoms with Gasteiger partial charge < -0.3 is 4.74 Å². The Labute approximate surface area is 147 Å². The third-order valence-corrected chi connectivity index (χ3v) is 5.84. The molecular formula is C21H36O3. The van der Waals surface area contributed by atoms with Gasteiger partial charge in [-0.25, -0.2) is 0 Å². The van der Waals surface area contributed by atoms with Gasteiger partial charge in [-0.05, 0) is 18.3 Å². The van der Waals surface area contributed by atoms with E-state index in [-0.39, 0.29) is 17.9 Å². The quantitative estimate of drug-likeness (QED) is 0.266. The van der Waals surface area contributed by atoms with Crippen molar-refractivity contribution in [2.24, 2.45) is 11.8 Å². The van der Waals surface area contributed by atoms with E-state index in [9.17, 15) is 9.59 Å². The molecule has 3 heteroatoms. The van der Waals surface area contributed by atoms with Crippen LogP contribution >= 0.6 is 0 Å². The highest BCUT2D eigenvalue weighted by Crippen LogP contribution is 2.28. The van der Waals surface area contributed by atoms with Gasteiger partial charge in [-0.1, -0.05) is 89.9 Å². The lowest BCUT2D eigenvalue weighted by Crippen LogP contribution is -2.25. The Morgan fingerprint density at radius 1 is 0.625 bits per heavy atom. The SMILES string of the molecule is O=C1CC(CCCCCCCCCCC2CCCCC2)CC(=O)O1. The lowest BCUT2D eigenvalue weighted by Gasteiger charge is -2.21. The van der Waals surface area contributed by atoms with Gasteiger partial charge in [0.1, 0.15) is 0 Å². The van der Waals surface area contributed by atoms with E-state index in [1.807, 2.05) is 0 Å². The van der Waals surface area contributed by atoms with Gasteiger partial charge in [-0.2, -0.15) is 0 Å². The molecule has 1 saturated carbocycles. The second-order valence-corrected chi connectivity index (χ2v) is 8.03. The van der Waals surface area contributed by atoms with Gasteiger partial charge >= 0.3 is 11.9 Å². The summed E-state index contributed by atoms with van der Waals surface area (Å²) < 4.78 is 4.57. The van der Waals surface area contributed by atoms with Crippen molar-refractivity contribution >= 4 is 11.9 Å². The summed E-state index contributed by atoms with van der Waals surface area (Å²) in [6.45, 7) is 0. The molecule has 2 fully saturated rings. The molecule has 0 aromatic carbocycles. The van der Waals surface area contributed by atoms with Gasteiger partial charge in [0.2, 0.25) is 0 Å². The highest BCUT2D eigenvalue weighted by Gasteiger charge is 2.26. The number of hydrogen-bond donors (Lipinski definition) is 0. The Hall–Kier alpha value is -0.860. The topological polar surface area (TPSA) is 43.4 Å². The normalized spacial score (nSPS) is 20.3. The minimum Gasteiger partial charge on any atom is -0.393 e. The number of ether oxygens (including phenoxy) is 1. The zero-order valence-electron chi connectivity index (χ0n) is 15.4. The largest absolute Gasteiger partial charge is 0.393 e. The Bertz CT molecular complexity index is 355. The zero-order chi connectivity index (χ0) is 17.0. The van der Waals surface area contributed by atoms with E-state index in [1.165, 1.54) is 83.5 Å². The molecule has 24 heavy (non-hydrogen) atoms. The molecule has 0 aromatic heterocycles. The summed E-state index contributed by atoms with van der Waals surface area (Å²) in [6.07, 6.45) is 21.4. The molecule has 1 aliphatic carbocycles. The zero-order valence-corrected chi connectivity index (χ0v) is 15.4. The standard InChI is InChI=1S/C21H36O3/c22-20-16-19(17-21(23)24-20)15-9-6-4-2-1-3-5-8-12-18-13-10-7-11-14-18/h18-19H,1-17H2. The number of esters is 2.